The summed E-state index contributed by atoms with van der Waals surface area (Å²) >= 11 is 12.7. The summed E-state index contributed by atoms with van der Waals surface area (Å²) in [5.74, 6) is 0.0854. The van der Waals surface area contributed by atoms with Crippen molar-refractivity contribution in [3.63, 3.8) is 0 Å². The molecule has 1 aliphatic heterocycles. The average molecular weight is 486 g/mol. The minimum absolute atomic E-state index is 0.101. The molecule has 0 bridgehead atoms. The molecule has 1 aromatic heterocycles. The number of furan rings is 1. The van der Waals surface area contributed by atoms with Crippen molar-refractivity contribution in [2.45, 2.75) is 25.9 Å². The number of amides is 2. The highest BCUT2D eigenvalue weighted by Crippen LogP contribution is 2.28. The van der Waals surface area contributed by atoms with Crippen molar-refractivity contribution in [2.75, 3.05) is 18.4 Å². The third-order valence-corrected chi connectivity index (χ3v) is 6.46. The molecule has 2 heterocycles. The SMILES string of the molecule is O=C(NCc1ccco1)c1ccccc1NC(=O)C1CCCN(Cc2c(Cl)cccc2Cl)C1. The minimum Gasteiger partial charge on any atom is -0.467 e. The Bertz CT molecular complexity index is 1100. The second-order valence-electron chi connectivity index (χ2n) is 8.07. The molecule has 172 valence electrons. The lowest BCUT2D eigenvalue weighted by Gasteiger charge is -2.32. The van der Waals surface area contributed by atoms with Crippen molar-refractivity contribution in [1.29, 1.82) is 0 Å². The third-order valence-electron chi connectivity index (χ3n) is 5.75. The molecule has 0 spiro atoms. The summed E-state index contributed by atoms with van der Waals surface area (Å²) < 4.78 is 5.26. The highest BCUT2D eigenvalue weighted by Gasteiger charge is 2.27. The topological polar surface area (TPSA) is 74.6 Å². The first-order chi connectivity index (χ1) is 16.0. The van der Waals surface area contributed by atoms with Crippen LogP contribution in [-0.2, 0) is 17.9 Å². The van der Waals surface area contributed by atoms with Gasteiger partial charge in [-0.2, -0.15) is 0 Å². The van der Waals surface area contributed by atoms with Crippen molar-refractivity contribution in [3.05, 3.63) is 87.8 Å². The smallest absolute Gasteiger partial charge is 0.253 e. The quantitative estimate of drug-likeness (QED) is 0.471. The molecule has 3 aromatic rings. The molecule has 1 atom stereocenters. The van der Waals surface area contributed by atoms with Crippen LogP contribution in [0.1, 0.15) is 34.5 Å². The van der Waals surface area contributed by atoms with Crippen LogP contribution in [0.25, 0.3) is 0 Å². The first-order valence-corrected chi connectivity index (χ1v) is 11.6. The summed E-state index contributed by atoms with van der Waals surface area (Å²) in [5, 5.41) is 7.04. The number of piperidine rings is 1. The maximum absolute atomic E-state index is 13.1. The van der Waals surface area contributed by atoms with E-state index in [1.54, 1.807) is 42.7 Å². The lowest BCUT2D eigenvalue weighted by molar-refractivity contribution is -0.121. The van der Waals surface area contributed by atoms with Gasteiger partial charge in [-0.3, -0.25) is 14.5 Å². The number of rotatable bonds is 7. The number of benzene rings is 2. The van der Waals surface area contributed by atoms with Gasteiger partial charge in [0, 0.05) is 28.7 Å². The molecule has 0 radical (unpaired) electrons. The zero-order valence-electron chi connectivity index (χ0n) is 18.0. The van der Waals surface area contributed by atoms with E-state index in [2.05, 4.69) is 15.5 Å². The molecule has 1 unspecified atom stereocenters. The van der Waals surface area contributed by atoms with Gasteiger partial charge in [-0.25, -0.2) is 0 Å². The molecule has 6 nitrogen and oxygen atoms in total. The van der Waals surface area contributed by atoms with Crippen LogP contribution in [0.2, 0.25) is 10.0 Å². The molecule has 1 fully saturated rings. The van der Waals surface area contributed by atoms with E-state index in [0.29, 0.717) is 40.1 Å². The van der Waals surface area contributed by atoms with E-state index in [0.717, 1.165) is 24.9 Å². The number of halogens is 2. The molecule has 2 N–H and O–H groups in total. The van der Waals surface area contributed by atoms with Gasteiger partial charge in [0.25, 0.3) is 5.91 Å². The van der Waals surface area contributed by atoms with Crippen LogP contribution in [0.3, 0.4) is 0 Å². The normalized spacial score (nSPS) is 16.4. The first kappa shape index (κ1) is 23.4. The lowest BCUT2D eigenvalue weighted by Crippen LogP contribution is -2.40. The predicted octanol–water partition coefficient (Wildman–Crippen LogP) is 5.37. The van der Waals surface area contributed by atoms with Crippen molar-refractivity contribution in [2.24, 2.45) is 5.92 Å². The van der Waals surface area contributed by atoms with Crippen LogP contribution < -0.4 is 10.6 Å². The van der Waals surface area contributed by atoms with Crippen LogP contribution in [0.4, 0.5) is 5.69 Å². The fourth-order valence-electron chi connectivity index (χ4n) is 4.02. The highest BCUT2D eigenvalue weighted by atomic mass is 35.5. The number of hydrogen-bond acceptors (Lipinski definition) is 4. The van der Waals surface area contributed by atoms with Crippen molar-refractivity contribution in [3.8, 4) is 0 Å². The molecular weight excluding hydrogens is 461 g/mol. The number of likely N-dealkylation sites (tertiary alicyclic amines) is 1. The van der Waals surface area contributed by atoms with Crippen molar-refractivity contribution >= 4 is 40.7 Å². The fraction of sp³-hybridized carbons (Fsp3) is 0.280. The minimum atomic E-state index is -0.277. The van der Waals surface area contributed by atoms with Crippen LogP contribution in [-0.4, -0.2) is 29.8 Å². The zero-order valence-corrected chi connectivity index (χ0v) is 19.5. The Hall–Kier alpha value is -2.80. The summed E-state index contributed by atoms with van der Waals surface area (Å²) in [6, 6.07) is 16.0. The second-order valence-corrected chi connectivity index (χ2v) is 8.89. The number of nitrogens with zero attached hydrogens (tertiary/aromatic N) is 1. The highest BCUT2D eigenvalue weighted by molar-refractivity contribution is 6.35. The maximum atomic E-state index is 13.1. The molecule has 0 saturated carbocycles. The van der Waals surface area contributed by atoms with Crippen molar-refractivity contribution < 1.29 is 14.0 Å². The van der Waals surface area contributed by atoms with Crippen LogP contribution in [0.15, 0.2) is 65.3 Å². The van der Waals surface area contributed by atoms with Gasteiger partial charge in [0.15, 0.2) is 0 Å². The van der Waals surface area contributed by atoms with Gasteiger partial charge in [0.1, 0.15) is 5.76 Å². The molecule has 0 aliphatic carbocycles. The molecule has 2 amide bonds. The molecule has 1 saturated heterocycles. The number of carbonyl (C=O) groups excluding carboxylic acids is 2. The van der Waals surface area contributed by atoms with E-state index in [9.17, 15) is 9.59 Å². The molecule has 2 aromatic carbocycles. The Morgan fingerprint density at radius 1 is 1.03 bits per heavy atom. The number of anilines is 1. The third kappa shape index (κ3) is 5.96. The number of para-hydroxylation sites is 1. The van der Waals surface area contributed by atoms with Gasteiger partial charge >= 0.3 is 0 Å². The Kier molecular flexibility index (Phi) is 7.70. The monoisotopic (exact) mass is 485 g/mol. The second kappa shape index (κ2) is 10.9. The van der Waals surface area contributed by atoms with E-state index in [1.807, 2.05) is 18.2 Å². The number of nitrogens with one attached hydrogen (secondary N) is 2. The van der Waals surface area contributed by atoms with E-state index in [1.165, 1.54) is 0 Å². The first-order valence-electron chi connectivity index (χ1n) is 10.9. The van der Waals surface area contributed by atoms with Crippen molar-refractivity contribution in [1.82, 2.24) is 10.2 Å². The molecule has 4 rings (SSSR count). The van der Waals surface area contributed by atoms with E-state index < -0.39 is 0 Å². The molecule has 1 aliphatic rings. The Morgan fingerprint density at radius 3 is 2.58 bits per heavy atom. The lowest BCUT2D eigenvalue weighted by atomic mass is 9.96. The standard InChI is InChI=1S/C25H25Cl2N3O3/c26-21-9-3-10-22(27)20(21)16-30-12-4-6-17(15-30)24(31)29-23-11-2-1-8-19(23)25(32)28-14-18-7-5-13-33-18/h1-3,5,7-11,13,17H,4,6,12,14-16H2,(H,28,32)(H,29,31). The summed E-state index contributed by atoms with van der Waals surface area (Å²) in [6.07, 6.45) is 3.24. The zero-order chi connectivity index (χ0) is 23.2. The molecule has 33 heavy (non-hydrogen) atoms. The Morgan fingerprint density at radius 2 is 1.82 bits per heavy atom. The predicted molar refractivity (Wildman–Crippen MR) is 129 cm³/mol. The van der Waals surface area contributed by atoms with Gasteiger partial charge in [0.05, 0.1) is 30.0 Å². The Labute approximate surface area is 202 Å². The largest absolute Gasteiger partial charge is 0.467 e. The summed E-state index contributed by atoms with van der Waals surface area (Å²) in [7, 11) is 0. The number of hydrogen-bond donors (Lipinski definition) is 2. The van der Waals surface area contributed by atoms with Gasteiger partial charge < -0.3 is 15.1 Å². The Balaban J connectivity index is 1.39. The van der Waals surface area contributed by atoms with E-state index in [-0.39, 0.29) is 24.3 Å². The van der Waals surface area contributed by atoms with Gasteiger partial charge in [-0.05, 0) is 55.8 Å². The number of carbonyl (C=O) groups is 2. The maximum Gasteiger partial charge on any atom is 0.253 e. The molecular formula is C25H25Cl2N3O3. The van der Waals surface area contributed by atoms with Crippen LogP contribution in [0, 0.1) is 5.92 Å². The van der Waals surface area contributed by atoms with Crippen LogP contribution in [0.5, 0.6) is 0 Å². The summed E-state index contributed by atoms with van der Waals surface area (Å²) in [4.78, 5) is 28.0. The fourth-order valence-corrected chi connectivity index (χ4v) is 4.54. The summed E-state index contributed by atoms with van der Waals surface area (Å²) in [5.41, 5.74) is 1.78. The average Bonchev–Trinajstić information content (AvgIpc) is 3.34. The van der Waals surface area contributed by atoms with E-state index >= 15 is 0 Å². The van der Waals surface area contributed by atoms with Gasteiger partial charge in [-0.1, -0.05) is 41.4 Å². The van der Waals surface area contributed by atoms with Gasteiger partial charge in [-0.15, -0.1) is 0 Å². The van der Waals surface area contributed by atoms with E-state index in [4.69, 9.17) is 27.6 Å². The molecule has 8 heteroatoms. The summed E-state index contributed by atoms with van der Waals surface area (Å²) in [6.45, 7) is 2.34. The van der Waals surface area contributed by atoms with Gasteiger partial charge in [0.2, 0.25) is 5.91 Å². The van der Waals surface area contributed by atoms with Crippen LogP contribution >= 0.6 is 23.2 Å².